The third-order valence-electron chi connectivity index (χ3n) is 5.73. The molecule has 2 aliphatic heterocycles. The van der Waals surface area contributed by atoms with E-state index in [2.05, 4.69) is 43.0 Å². The molecule has 0 saturated carbocycles. The Morgan fingerprint density at radius 1 is 1.12 bits per heavy atom. The van der Waals surface area contributed by atoms with Crippen LogP contribution >= 0.6 is 0 Å². The smallest absolute Gasteiger partial charge is 0.228 e. The fraction of sp³-hybridized carbons (Fsp3) is 0.600. The summed E-state index contributed by atoms with van der Waals surface area (Å²) in [5.74, 6) is 0.199. The summed E-state index contributed by atoms with van der Waals surface area (Å²) < 4.78 is 0. The maximum atomic E-state index is 13.2. The average molecular weight is 343 g/mol. The maximum Gasteiger partial charge on any atom is 0.228 e. The van der Waals surface area contributed by atoms with Gasteiger partial charge in [0, 0.05) is 39.6 Å². The third kappa shape index (κ3) is 3.71. The van der Waals surface area contributed by atoms with Gasteiger partial charge in [-0.2, -0.15) is 0 Å². The molecule has 2 saturated heterocycles. The highest BCUT2D eigenvalue weighted by Gasteiger charge is 2.40. The predicted molar refractivity (Wildman–Crippen MR) is 98.1 cm³/mol. The second kappa shape index (κ2) is 7.56. The Balaban J connectivity index is 1.81. The van der Waals surface area contributed by atoms with Crippen LogP contribution in [-0.4, -0.2) is 66.3 Å². The number of benzene rings is 1. The highest BCUT2D eigenvalue weighted by Crippen LogP contribution is 2.37. The van der Waals surface area contributed by atoms with Crippen LogP contribution < -0.4 is 0 Å². The van der Waals surface area contributed by atoms with E-state index in [-0.39, 0.29) is 23.8 Å². The molecule has 5 nitrogen and oxygen atoms in total. The maximum absolute atomic E-state index is 13.2. The molecule has 0 unspecified atom stereocenters. The number of piperidine rings is 1. The summed E-state index contributed by atoms with van der Waals surface area (Å²) in [7, 11) is 1.83. The van der Waals surface area contributed by atoms with Crippen molar-refractivity contribution in [3.05, 3.63) is 35.4 Å². The number of carbonyl (C=O) groups excluding carboxylic acids is 2. The lowest BCUT2D eigenvalue weighted by atomic mass is 9.83. The van der Waals surface area contributed by atoms with Gasteiger partial charge in [-0.25, -0.2) is 0 Å². The lowest BCUT2D eigenvalue weighted by Crippen LogP contribution is -2.53. The molecule has 0 N–H and O–H groups in total. The van der Waals surface area contributed by atoms with Gasteiger partial charge in [0.25, 0.3) is 0 Å². The number of likely N-dealkylation sites (tertiary alicyclic amines) is 1. The van der Waals surface area contributed by atoms with Gasteiger partial charge in [0.05, 0.1) is 12.0 Å². The lowest BCUT2D eigenvalue weighted by Gasteiger charge is -2.42. The molecule has 5 heteroatoms. The molecule has 1 aromatic rings. The Morgan fingerprint density at radius 2 is 1.76 bits per heavy atom. The van der Waals surface area contributed by atoms with E-state index in [9.17, 15) is 9.59 Å². The van der Waals surface area contributed by atoms with Crippen molar-refractivity contribution in [2.45, 2.75) is 32.7 Å². The van der Waals surface area contributed by atoms with Gasteiger partial charge in [0.1, 0.15) is 0 Å². The van der Waals surface area contributed by atoms with Gasteiger partial charge in [0.2, 0.25) is 11.8 Å². The third-order valence-corrected chi connectivity index (χ3v) is 5.73. The first kappa shape index (κ1) is 17.9. The average Bonchev–Trinajstić information content (AvgIpc) is 2.64. The molecular weight excluding hydrogens is 314 g/mol. The van der Waals surface area contributed by atoms with Crippen molar-refractivity contribution in [2.24, 2.45) is 5.92 Å². The number of likely N-dealkylation sites (N-methyl/N-ethyl adjacent to an activating group) is 1. The standard InChI is InChI=1S/C20H29N3O2/c1-4-22-11-13-23(14-12-22)20(25)17-9-10-18(24)21(3)19(17)16-7-5-15(2)6-8-16/h5-8,17,19H,4,9-14H2,1-3H3/t17-,19-/m0/s1. The second-order valence-corrected chi connectivity index (χ2v) is 7.26. The van der Waals surface area contributed by atoms with E-state index in [4.69, 9.17) is 0 Å². The van der Waals surface area contributed by atoms with Gasteiger partial charge in [-0.05, 0) is 25.5 Å². The first-order chi connectivity index (χ1) is 12.0. The quantitative estimate of drug-likeness (QED) is 0.844. The number of hydrogen-bond donors (Lipinski definition) is 0. The van der Waals surface area contributed by atoms with Crippen LogP contribution in [-0.2, 0) is 9.59 Å². The van der Waals surface area contributed by atoms with E-state index in [1.165, 1.54) is 5.56 Å². The fourth-order valence-corrected chi connectivity index (χ4v) is 4.04. The largest absolute Gasteiger partial charge is 0.340 e. The zero-order chi connectivity index (χ0) is 18.0. The minimum absolute atomic E-state index is 0.130. The number of aryl methyl sites for hydroxylation is 1. The molecule has 2 heterocycles. The number of rotatable bonds is 3. The number of hydrogen-bond acceptors (Lipinski definition) is 3. The molecule has 3 rings (SSSR count). The van der Waals surface area contributed by atoms with Crippen LogP contribution in [0.15, 0.2) is 24.3 Å². The first-order valence-corrected chi connectivity index (χ1v) is 9.34. The van der Waals surface area contributed by atoms with E-state index in [0.717, 1.165) is 38.3 Å². The molecule has 25 heavy (non-hydrogen) atoms. The minimum atomic E-state index is -0.154. The molecule has 2 amide bonds. The Bertz CT molecular complexity index is 620. The summed E-state index contributed by atoms with van der Waals surface area (Å²) in [5, 5.41) is 0. The van der Waals surface area contributed by atoms with E-state index in [1.54, 1.807) is 4.90 Å². The fourth-order valence-electron chi connectivity index (χ4n) is 4.04. The van der Waals surface area contributed by atoms with Gasteiger partial charge in [-0.1, -0.05) is 36.8 Å². The molecule has 2 fully saturated rings. The normalized spacial score (nSPS) is 25.3. The zero-order valence-corrected chi connectivity index (χ0v) is 15.6. The van der Waals surface area contributed by atoms with Crippen molar-refractivity contribution < 1.29 is 9.59 Å². The molecule has 0 aliphatic carbocycles. The Kier molecular flexibility index (Phi) is 5.42. The molecule has 0 aromatic heterocycles. The highest BCUT2D eigenvalue weighted by molar-refractivity contribution is 5.85. The van der Waals surface area contributed by atoms with Crippen LogP contribution in [0.1, 0.15) is 36.9 Å². The number of piperazine rings is 1. The van der Waals surface area contributed by atoms with Crippen molar-refractivity contribution in [3.8, 4) is 0 Å². The van der Waals surface area contributed by atoms with Crippen LogP contribution in [0, 0.1) is 12.8 Å². The zero-order valence-electron chi connectivity index (χ0n) is 15.6. The van der Waals surface area contributed by atoms with Gasteiger partial charge in [-0.3, -0.25) is 9.59 Å². The minimum Gasteiger partial charge on any atom is -0.340 e. The van der Waals surface area contributed by atoms with Crippen LogP contribution in [0.4, 0.5) is 0 Å². The first-order valence-electron chi connectivity index (χ1n) is 9.34. The predicted octanol–water partition coefficient (Wildman–Crippen LogP) is 2.07. The molecule has 0 spiro atoms. The van der Waals surface area contributed by atoms with Crippen LogP contribution in [0.3, 0.4) is 0 Å². The topological polar surface area (TPSA) is 43.9 Å². The molecule has 2 aliphatic rings. The van der Waals surface area contributed by atoms with Crippen molar-refractivity contribution in [1.29, 1.82) is 0 Å². The summed E-state index contributed by atoms with van der Waals surface area (Å²) in [5.41, 5.74) is 2.25. The van der Waals surface area contributed by atoms with E-state index >= 15 is 0 Å². The van der Waals surface area contributed by atoms with Gasteiger partial charge < -0.3 is 14.7 Å². The Hall–Kier alpha value is -1.88. The highest BCUT2D eigenvalue weighted by atomic mass is 16.2. The molecule has 136 valence electrons. The Morgan fingerprint density at radius 3 is 2.36 bits per heavy atom. The molecule has 2 atom stereocenters. The van der Waals surface area contributed by atoms with Crippen molar-refractivity contribution >= 4 is 11.8 Å². The van der Waals surface area contributed by atoms with Gasteiger partial charge in [0.15, 0.2) is 0 Å². The van der Waals surface area contributed by atoms with Gasteiger partial charge >= 0.3 is 0 Å². The summed E-state index contributed by atoms with van der Waals surface area (Å²) in [6.45, 7) is 8.72. The van der Waals surface area contributed by atoms with E-state index in [1.807, 2.05) is 11.9 Å². The summed E-state index contributed by atoms with van der Waals surface area (Å²) in [4.78, 5) is 31.6. The monoisotopic (exact) mass is 343 g/mol. The molecular formula is C20H29N3O2. The molecule has 0 bridgehead atoms. The van der Waals surface area contributed by atoms with Crippen molar-refractivity contribution in [1.82, 2.24) is 14.7 Å². The van der Waals surface area contributed by atoms with Crippen LogP contribution in [0.2, 0.25) is 0 Å². The van der Waals surface area contributed by atoms with E-state index in [0.29, 0.717) is 12.8 Å². The lowest BCUT2D eigenvalue weighted by molar-refractivity contribution is -0.147. The number of carbonyl (C=O) groups is 2. The van der Waals surface area contributed by atoms with Crippen LogP contribution in [0.25, 0.3) is 0 Å². The number of amides is 2. The van der Waals surface area contributed by atoms with E-state index < -0.39 is 0 Å². The van der Waals surface area contributed by atoms with Crippen molar-refractivity contribution in [2.75, 3.05) is 39.8 Å². The summed E-state index contributed by atoms with van der Waals surface area (Å²) >= 11 is 0. The SMILES string of the molecule is CCN1CCN(C(=O)[C@H]2CCC(=O)N(C)[C@H]2c2ccc(C)cc2)CC1. The second-order valence-electron chi connectivity index (χ2n) is 7.26. The summed E-state index contributed by atoms with van der Waals surface area (Å²) in [6.07, 6.45) is 1.11. The summed E-state index contributed by atoms with van der Waals surface area (Å²) in [6, 6.07) is 8.08. The molecule has 1 aromatic carbocycles. The van der Waals surface area contributed by atoms with Crippen molar-refractivity contribution in [3.63, 3.8) is 0 Å². The Labute approximate surface area is 150 Å². The van der Waals surface area contributed by atoms with Gasteiger partial charge in [-0.15, -0.1) is 0 Å². The number of nitrogens with zero attached hydrogens (tertiary/aromatic N) is 3. The molecule has 0 radical (unpaired) electrons. The van der Waals surface area contributed by atoms with Crippen LogP contribution in [0.5, 0.6) is 0 Å².